The summed E-state index contributed by atoms with van der Waals surface area (Å²) in [5, 5.41) is 9.02. The van der Waals surface area contributed by atoms with Crippen molar-refractivity contribution >= 4 is 28.6 Å². The molecule has 0 fully saturated rings. The quantitative estimate of drug-likeness (QED) is 0.850. The number of halogens is 1. The Morgan fingerprint density at radius 2 is 2.33 bits per heavy atom. The molecule has 0 saturated heterocycles. The molecule has 1 aromatic carbocycles. The van der Waals surface area contributed by atoms with E-state index in [1.165, 1.54) is 7.11 Å². The summed E-state index contributed by atoms with van der Waals surface area (Å²) in [7, 11) is 1.48. The van der Waals surface area contributed by atoms with Gasteiger partial charge in [0.05, 0.1) is 6.61 Å². The molecule has 0 spiro atoms. The van der Waals surface area contributed by atoms with Gasteiger partial charge in [0.2, 0.25) is 11.7 Å². The number of oxazole rings is 1. The van der Waals surface area contributed by atoms with Gasteiger partial charge in [-0.2, -0.15) is 0 Å². The summed E-state index contributed by atoms with van der Waals surface area (Å²) in [6, 6.07) is 7.48. The van der Waals surface area contributed by atoms with Gasteiger partial charge < -0.3 is 14.3 Å². The molecular formula is C12H10INO4. The van der Waals surface area contributed by atoms with E-state index in [1.807, 2.05) is 24.3 Å². The third kappa shape index (κ3) is 2.70. The van der Waals surface area contributed by atoms with E-state index < -0.39 is 5.97 Å². The van der Waals surface area contributed by atoms with Gasteiger partial charge in [0.25, 0.3) is 0 Å². The van der Waals surface area contributed by atoms with E-state index in [0.717, 1.165) is 9.13 Å². The second-order valence-electron chi connectivity index (χ2n) is 3.54. The maximum absolute atomic E-state index is 11.0. The first kappa shape index (κ1) is 13.0. The molecule has 5 nitrogen and oxygen atoms in total. The second kappa shape index (κ2) is 5.49. The highest BCUT2D eigenvalue weighted by Gasteiger charge is 2.20. The third-order valence-corrected chi connectivity index (χ3v) is 2.92. The highest BCUT2D eigenvalue weighted by Crippen LogP contribution is 2.24. The van der Waals surface area contributed by atoms with Gasteiger partial charge in [0, 0.05) is 16.2 Å². The van der Waals surface area contributed by atoms with Gasteiger partial charge in [-0.15, -0.1) is 0 Å². The number of methoxy groups -OCH3 is 1. The minimum Gasteiger partial charge on any atom is -0.475 e. The van der Waals surface area contributed by atoms with Crippen molar-refractivity contribution in [2.24, 2.45) is 0 Å². The molecule has 94 valence electrons. The zero-order valence-electron chi connectivity index (χ0n) is 9.51. The molecule has 1 heterocycles. The first-order valence-corrected chi connectivity index (χ1v) is 6.17. The van der Waals surface area contributed by atoms with Crippen LogP contribution in [0.1, 0.15) is 16.2 Å². The third-order valence-electron chi connectivity index (χ3n) is 2.24. The van der Waals surface area contributed by atoms with Gasteiger partial charge >= 0.3 is 5.97 Å². The Labute approximate surface area is 117 Å². The van der Waals surface area contributed by atoms with Crippen molar-refractivity contribution in [3.8, 4) is 11.5 Å². The monoisotopic (exact) mass is 359 g/mol. The van der Waals surface area contributed by atoms with E-state index in [-0.39, 0.29) is 18.3 Å². The Balaban J connectivity index is 2.46. The Hall–Kier alpha value is -1.41. The number of hydrogen-bond donors (Lipinski definition) is 1. The van der Waals surface area contributed by atoms with Crippen LogP contribution in [0.5, 0.6) is 0 Å². The van der Waals surface area contributed by atoms with E-state index >= 15 is 0 Å². The normalized spacial score (nSPS) is 10.6. The molecule has 0 aliphatic heterocycles. The van der Waals surface area contributed by atoms with Crippen LogP contribution in [-0.2, 0) is 11.3 Å². The predicted molar refractivity (Wildman–Crippen MR) is 72.3 cm³/mol. The number of benzene rings is 1. The van der Waals surface area contributed by atoms with Gasteiger partial charge in [-0.3, -0.25) is 0 Å². The lowest BCUT2D eigenvalue weighted by Gasteiger charge is -1.95. The maximum Gasteiger partial charge on any atom is 0.373 e. The lowest BCUT2D eigenvalue weighted by atomic mass is 10.2. The van der Waals surface area contributed by atoms with Crippen molar-refractivity contribution in [1.82, 2.24) is 4.98 Å². The summed E-state index contributed by atoms with van der Waals surface area (Å²) in [6.07, 6.45) is 0. The molecule has 1 N–H and O–H groups in total. The topological polar surface area (TPSA) is 72.6 Å². The number of carbonyl (C=O) groups is 1. The molecule has 1 aromatic heterocycles. The number of rotatable bonds is 4. The summed E-state index contributed by atoms with van der Waals surface area (Å²) in [5.74, 6) is -1.03. The number of aromatic carboxylic acids is 1. The molecule has 0 radical (unpaired) electrons. The Bertz CT molecular complexity index is 579. The number of nitrogens with zero attached hydrogens (tertiary/aromatic N) is 1. The molecule has 0 atom stereocenters. The average Bonchev–Trinajstić information content (AvgIpc) is 2.74. The van der Waals surface area contributed by atoms with Crippen molar-refractivity contribution < 1.29 is 19.1 Å². The maximum atomic E-state index is 11.0. The van der Waals surface area contributed by atoms with Crippen LogP contribution >= 0.6 is 22.6 Å². The van der Waals surface area contributed by atoms with Crippen molar-refractivity contribution in [3.05, 3.63) is 39.3 Å². The van der Waals surface area contributed by atoms with Crippen LogP contribution in [0.4, 0.5) is 0 Å². The van der Waals surface area contributed by atoms with E-state index in [1.54, 1.807) is 0 Å². The molecule has 6 heteroatoms. The van der Waals surface area contributed by atoms with Crippen molar-refractivity contribution in [3.63, 3.8) is 0 Å². The summed E-state index contributed by atoms with van der Waals surface area (Å²) in [6.45, 7) is 0.106. The zero-order valence-corrected chi connectivity index (χ0v) is 11.7. The fraction of sp³-hybridized carbons (Fsp3) is 0.167. The van der Waals surface area contributed by atoms with Gasteiger partial charge in [-0.05, 0) is 40.8 Å². The molecule has 0 aliphatic rings. The molecule has 0 unspecified atom stereocenters. The number of hydrogen-bond acceptors (Lipinski definition) is 4. The fourth-order valence-corrected chi connectivity index (χ4v) is 2.04. The number of carboxylic acids is 1. The summed E-state index contributed by atoms with van der Waals surface area (Å²) in [5.41, 5.74) is 1.03. The van der Waals surface area contributed by atoms with E-state index in [2.05, 4.69) is 27.6 Å². The Kier molecular flexibility index (Phi) is 3.97. The minimum atomic E-state index is -1.15. The molecule has 0 bridgehead atoms. The van der Waals surface area contributed by atoms with Crippen molar-refractivity contribution in [2.75, 3.05) is 7.11 Å². The SMILES string of the molecule is COCc1nc(-c2cccc(I)c2)oc1C(=O)O. The Morgan fingerprint density at radius 1 is 1.56 bits per heavy atom. The number of ether oxygens (including phenoxy) is 1. The van der Waals surface area contributed by atoms with Crippen LogP contribution in [0, 0.1) is 3.57 Å². The first-order chi connectivity index (χ1) is 8.61. The average molecular weight is 359 g/mol. The van der Waals surface area contributed by atoms with Crippen molar-refractivity contribution in [1.29, 1.82) is 0 Å². The van der Waals surface area contributed by atoms with Crippen LogP contribution in [0.15, 0.2) is 28.7 Å². The number of carboxylic acid groups (broad SMARTS) is 1. The Morgan fingerprint density at radius 3 is 2.94 bits per heavy atom. The molecule has 0 saturated carbocycles. The molecule has 2 rings (SSSR count). The van der Waals surface area contributed by atoms with E-state index in [4.69, 9.17) is 14.3 Å². The number of aromatic nitrogens is 1. The fourth-order valence-electron chi connectivity index (χ4n) is 1.50. The van der Waals surface area contributed by atoms with Crippen LogP contribution in [0.25, 0.3) is 11.5 Å². The van der Waals surface area contributed by atoms with Crippen molar-refractivity contribution in [2.45, 2.75) is 6.61 Å². The molecule has 0 aliphatic carbocycles. The van der Waals surface area contributed by atoms with E-state index in [9.17, 15) is 4.79 Å². The molecule has 2 aromatic rings. The lowest BCUT2D eigenvalue weighted by Crippen LogP contribution is -2.00. The first-order valence-electron chi connectivity index (χ1n) is 5.09. The van der Waals surface area contributed by atoms with Crippen LogP contribution in [0.2, 0.25) is 0 Å². The van der Waals surface area contributed by atoms with Gasteiger partial charge in [0.15, 0.2) is 0 Å². The predicted octanol–water partition coefficient (Wildman–Crippen LogP) is 2.79. The zero-order chi connectivity index (χ0) is 13.1. The van der Waals surface area contributed by atoms with Gasteiger partial charge in [-0.1, -0.05) is 6.07 Å². The summed E-state index contributed by atoms with van der Waals surface area (Å²) >= 11 is 2.17. The lowest BCUT2D eigenvalue weighted by molar-refractivity contribution is 0.0656. The minimum absolute atomic E-state index is 0.106. The highest BCUT2D eigenvalue weighted by atomic mass is 127. The van der Waals surface area contributed by atoms with Crippen LogP contribution < -0.4 is 0 Å². The van der Waals surface area contributed by atoms with Gasteiger partial charge in [0.1, 0.15) is 5.69 Å². The summed E-state index contributed by atoms with van der Waals surface area (Å²) in [4.78, 5) is 15.2. The van der Waals surface area contributed by atoms with Gasteiger partial charge in [-0.25, -0.2) is 9.78 Å². The molecular weight excluding hydrogens is 349 g/mol. The molecule has 18 heavy (non-hydrogen) atoms. The largest absolute Gasteiger partial charge is 0.475 e. The standard InChI is InChI=1S/C12H10INO4/c1-17-6-9-10(12(15)16)18-11(14-9)7-3-2-4-8(13)5-7/h2-5H,6H2,1H3,(H,15,16). The molecule has 0 amide bonds. The second-order valence-corrected chi connectivity index (χ2v) is 4.79. The summed E-state index contributed by atoms with van der Waals surface area (Å²) < 4.78 is 11.2. The van der Waals surface area contributed by atoms with Crippen LogP contribution in [0.3, 0.4) is 0 Å². The van der Waals surface area contributed by atoms with Crippen LogP contribution in [-0.4, -0.2) is 23.2 Å². The van der Waals surface area contributed by atoms with E-state index in [0.29, 0.717) is 5.69 Å². The highest BCUT2D eigenvalue weighted by molar-refractivity contribution is 14.1. The smallest absolute Gasteiger partial charge is 0.373 e.